The molecule has 3 aliphatic carbocycles. The molecule has 70 valence electrons. The number of amides is 1. The van der Waals surface area contributed by atoms with Crippen LogP contribution in [0.15, 0.2) is 12.7 Å². The van der Waals surface area contributed by atoms with E-state index in [0.717, 1.165) is 11.8 Å². The van der Waals surface area contributed by atoms with Crippen LogP contribution in [0.1, 0.15) is 25.7 Å². The normalized spacial score (nSPS) is 50.0. The van der Waals surface area contributed by atoms with Crippen molar-refractivity contribution in [2.24, 2.45) is 17.3 Å². The second-order valence-corrected chi connectivity index (χ2v) is 4.83. The van der Waals surface area contributed by atoms with Gasteiger partial charge in [0.05, 0.1) is 0 Å². The van der Waals surface area contributed by atoms with Gasteiger partial charge in [-0.1, -0.05) is 6.58 Å². The Bertz CT molecular complexity index is 282. The molecule has 0 saturated heterocycles. The monoisotopic (exact) mass is 177 g/mol. The third kappa shape index (κ3) is 0.812. The molecular formula is C11H15NO. The maximum absolute atomic E-state index is 11.1. The molecule has 0 radical (unpaired) electrons. The lowest BCUT2D eigenvalue weighted by Gasteiger charge is -2.38. The number of carbonyl (C=O) groups excluding carboxylic acids is 1. The fourth-order valence-corrected chi connectivity index (χ4v) is 3.63. The summed E-state index contributed by atoms with van der Waals surface area (Å²) in [5.74, 6) is 1.76. The van der Waals surface area contributed by atoms with E-state index < -0.39 is 0 Å². The molecule has 0 aromatic carbocycles. The van der Waals surface area contributed by atoms with Gasteiger partial charge in [-0.15, -0.1) is 0 Å². The molecule has 13 heavy (non-hydrogen) atoms. The second kappa shape index (κ2) is 2.17. The molecular weight excluding hydrogens is 162 g/mol. The average molecular weight is 177 g/mol. The van der Waals surface area contributed by atoms with Crippen LogP contribution in [0, 0.1) is 17.3 Å². The summed E-state index contributed by atoms with van der Waals surface area (Å²) < 4.78 is 0. The molecule has 0 aromatic rings. The van der Waals surface area contributed by atoms with E-state index in [1.54, 1.807) is 0 Å². The van der Waals surface area contributed by atoms with Gasteiger partial charge in [0, 0.05) is 6.04 Å². The van der Waals surface area contributed by atoms with E-state index in [4.69, 9.17) is 0 Å². The molecule has 3 aliphatic rings. The lowest BCUT2D eigenvalue weighted by atomic mass is 9.69. The molecule has 4 unspecified atom stereocenters. The highest BCUT2D eigenvalue weighted by atomic mass is 16.1. The van der Waals surface area contributed by atoms with Crippen molar-refractivity contribution in [3.05, 3.63) is 12.7 Å². The van der Waals surface area contributed by atoms with Gasteiger partial charge in [0.1, 0.15) is 0 Å². The minimum atomic E-state index is 0.00773. The molecule has 2 nitrogen and oxygen atoms in total. The summed E-state index contributed by atoms with van der Waals surface area (Å²) in [5, 5.41) is 3.06. The van der Waals surface area contributed by atoms with Crippen LogP contribution in [-0.4, -0.2) is 11.9 Å². The molecule has 3 saturated carbocycles. The molecule has 1 N–H and O–H groups in total. The van der Waals surface area contributed by atoms with Crippen LogP contribution in [-0.2, 0) is 4.79 Å². The smallest absolute Gasteiger partial charge is 0.243 e. The van der Waals surface area contributed by atoms with Gasteiger partial charge in [0.15, 0.2) is 0 Å². The summed E-state index contributed by atoms with van der Waals surface area (Å²) in [4.78, 5) is 11.1. The Labute approximate surface area is 78.4 Å². The molecule has 0 aromatic heterocycles. The van der Waals surface area contributed by atoms with Crippen molar-refractivity contribution in [3.63, 3.8) is 0 Å². The number of rotatable bonds is 2. The SMILES string of the molecule is C=CC(=O)NC1CC2CC23CCC13. The molecule has 0 aliphatic heterocycles. The van der Waals surface area contributed by atoms with Crippen LogP contribution < -0.4 is 5.32 Å². The molecule has 3 rings (SSSR count). The molecule has 2 heteroatoms. The lowest BCUT2D eigenvalue weighted by molar-refractivity contribution is -0.117. The number of hydrogen-bond acceptors (Lipinski definition) is 1. The van der Waals surface area contributed by atoms with Crippen molar-refractivity contribution >= 4 is 5.91 Å². The Morgan fingerprint density at radius 2 is 2.46 bits per heavy atom. The minimum absolute atomic E-state index is 0.00773. The Hall–Kier alpha value is -0.790. The van der Waals surface area contributed by atoms with E-state index in [2.05, 4.69) is 11.9 Å². The average Bonchev–Trinajstić information content (AvgIpc) is 2.74. The highest BCUT2D eigenvalue weighted by Gasteiger charge is 2.70. The summed E-state index contributed by atoms with van der Waals surface area (Å²) in [6, 6.07) is 0.470. The molecule has 1 amide bonds. The van der Waals surface area contributed by atoms with Gasteiger partial charge in [-0.25, -0.2) is 0 Å². The van der Waals surface area contributed by atoms with Crippen molar-refractivity contribution in [1.29, 1.82) is 0 Å². The molecule has 1 spiro atoms. The van der Waals surface area contributed by atoms with Crippen molar-refractivity contribution in [1.82, 2.24) is 5.32 Å². The van der Waals surface area contributed by atoms with Gasteiger partial charge in [-0.2, -0.15) is 0 Å². The van der Waals surface area contributed by atoms with Crippen LogP contribution in [0.25, 0.3) is 0 Å². The van der Waals surface area contributed by atoms with Crippen molar-refractivity contribution in [2.45, 2.75) is 31.7 Å². The minimum Gasteiger partial charge on any atom is -0.350 e. The third-order valence-electron chi connectivity index (χ3n) is 4.48. The van der Waals surface area contributed by atoms with Gasteiger partial charge in [0.2, 0.25) is 5.91 Å². The van der Waals surface area contributed by atoms with Gasteiger partial charge in [-0.05, 0) is 49.0 Å². The molecule has 0 bridgehead atoms. The first kappa shape index (κ1) is 7.60. The highest BCUT2D eigenvalue weighted by Crippen LogP contribution is 2.75. The molecule has 0 heterocycles. The largest absolute Gasteiger partial charge is 0.350 e. The quantitative estimate of drug-likeness (QED) is 0.636. The highest BCUT2D eigenvalue weighted by molar-refractivity contribution is 5.87. The zero-order chi connectivity index (χ0) is 9.05. The Morgan fingerprint density at radius 1 is 1.62 bits per heavy atom. The number of carbonyl (C=O) groups is 1. The number of hydrogen-bond donors (Lipinski definition) is 1. The Balaban J connectivity index is 1.68. The Morgan fingerprint density at radius 3 is 3.00 bits per heavy atom. The van der Waals surface area contributed by atoms with Crippen molar-refractivity contribution < 1.29 is 4.79 Å². The molecule has 4 atom stereocenters. The first-order chi connectivity index (χ1) is 6.26. The van der Waals surface area contributed by atoms with Crippen molar-refractivity contribution in [2.75, 3.05) is 0 Å². The third-order valence-corrected chi connectivity index (χ3v) is 4.48. The van der Waals surface area contributed by atoms with E-state index in [1.165, 1.54) is 31.8 Å². The van der Waals surface area contributed by atoms with E-state index in [0.29, 0.717) is 11.5 Å². The zero-order valence-corrected chi connectivity index (χ0v) is 7.75. The Kier molecular flexibility index (Phi) is 1.27. The topological polar surface area (TPSA) is 29.1 Å². The summed E-state index contributed by atoms with van der Waals surface area (Å²) in [7, 11) is 0. The van der Waals surface area contributed by atoms with E-state index in [9.17, 15) is 4.79 Å². The van der Waals surface area contributed by atoms with E-state index in [-0.39, 0.29) is 5.91 Å². The predicted molar refractivity (Wildman–Crippen MR) is 50.0 cm³/mol. The van der Waals surface area contributed by atoms with Crippen LogP contribution in [0.3, 0.4) is 0 Å². The zero-order valence-electron chi connectivity index (χ0n) is 7.75. The summed E-state index contributed by atoms with van der Waals surface area (Å²) in [6.07, 6.45) is 6.80. The summed E-state index contributed by atoms with van der Waals surface area (Å²) in [6.45, 7) is 3.48. The lowest BCUT2D eigenvalue weighted by Crippen LogP contribution is -2.43. The maximum atomic E-state index is 11.1. The van der Waals surface area contributed by atoms with Crippen LogP contribution in [0.2, 0.25) is 0 Å². The fourth-order valence-electron chi connectivity index (χ4n) is 3.63. The molecule has 3 fully saturated rings. The van der Waals surface area contributed by atoms with Crippen LogP contribution >= 0.6 is 0 Å². The fraction of sp³-hybridized carbons (Fsp3) is 0.727. The first-order valence-corrected chi connectivity index (χ1v) is 5.19. The predicted octanol–water partition coefficient (Wildman–Crippen LogP) is 1.48. The van der Waals surface area contributed by atoms with E-state index in [1.807, 2.05) is 0 Å². The maximum Gasteiger partial charge on any atom is 0.243 e. The summed E-state index contributed by atoms with van der Waals surface area (Å²) >= 11 is 0. The van der Waals surface area contributed by atoms with Gasteiger partial charge in [0.25, 0.3) is 0 Å². The van der Waals surface area contributed by atoms with Gasteiger partial charge in [-0.3, -0.25) is 4.79 Å². The first-order valence-electron chi connectivity index (χ1n) is 5.19. The van der Waals surface area contributed by atoms with Crippen molar-refractivity contribution in [3.8, 4) is 0 Å². The van der Waals surface area contributed by atoms with Gasteiger partial charge >= 0.3 is 0 Å². The van der Waals surface area contributed by atoms with Crippen LogP contribution in [0.4, 0.5) is 0 Å². The summed E-state index contributed by atoms with van der Waals surface area (Å²) in [5.41, 5.74) is 0.707. The second-order valence-electron chi connectivity index (χ2n) is 4.83. The van der Waals surface area contributed by atoms with Crippen LogP contribution in [0.5, 0.6) is 0 Å². The van der Waals surface area contributed by atoms with E-state index >= 15 is 0 Å². The van der Waals surface area contributed by atoms with Gasteiger partial charge < -0.3 is 5.32 Å². The number of nitrogens with one attached hydrogen (secondary N) is 1. The standard InChI is InChI=1S/C11H15NO/c1-2-10(13)12-9-5-7-6-11(7)4-3-8(9)11/h2,7-9H,1,3-6H2,(H,12,13).